The van der Waals surface area contributed by atoms with Gasteiger partial charge in [0.15, 0.2) is 0 Å². The first-order chi connectivity index (χ1) is 2.89. The van der Waals surface area contributed by atoms with E-state index >= 15 is 0 Å². The Morgan fingerprint density at radius 1 is 1.83 bits per heavy atom. The maximum absolute atomic E-state index is 5.55. The Bertz CT molecular complexity index is 44.8. The molecule has 2 nitrogen and oxygen atoms in total. The van der Waals surface area contributed by atoms with Crippen molar-refractivity contribution < 1.29 is 0 Å². The van der Waals surface area contributed by atoms with Crippen LogP contribution in [0.2, 0.25) is 0 Å². The summed E-state index contributed by atoms with van der Waals surface area (Å²) in [4.78, 5) is 2.81. The van der Waals surface area contributed by atoms with Crippen molar-refractivity contribution in [2.45, 2.75) is 4.71 Å². The zero-order chi connectivity index (χ0) is 4.41. The number of hydrogen-bond donors (Lipinski definition) is 2. The summed E-state index contributed by atoms with van der Waals surface area (Å²) in [6.07, 6.45) is 0. The lowest BCUT2D eigenvalue weighted by molar-refractivity contribution is 0.755. The predicted octanol–water partition coefficient (Wildman–Crippen LogP) is 0.307. The SMILES string of the molecule is ClC1CNNS1. The largest absolute Gasteiger partial charge is 0.246 e. The fraction of sp³-hybridized carbons (Fsp3) is 1.00. The molecule has 1 heterocycles. The second kappa shape index (κ2) is 2.02. The van der Waals surface area contributed by atoms with Gasteiger partial charge in [-0.05, 0) is 11.9 Å². The summed E-state index contributed by atoms with van der Waals surface area (Å²) in [6, 6.07) is 0. The summed E-state index contributed by atoms with van der Waals surface area (Å²) in [6.45, 7) is 0.853. The van der Waals surface area contributed by atoms with E-state index in [1.807, 2.05) is 0 Å². The smallest absolute Gasteiger partial charge is 0.108 e. The van der Waals surface area contributed by atoms with Gasteiger partial charge in [0.25, 0.3) is 0 Å². The molecule has 1 aliphatic heterocycles. The fourth-order valence-corrected chi connectivity index (χ4v) is 0.941. The number of nitrogens with one attached hydrogen (secondary N) is 2. The molecule has 1 atom stereocenters. The lowest BCUT2D eigenvalue weighted by Gasteiger charge is -1.84. The lowest BCUT2D eigenvalue weighted by atomic mass is 10.8. The lowest BCUT2D eigenvalue weighted by Crippen LogP contribution is -2.17. The molecule has 0 aromatic carbocycles. The van der Waals surface area contributed by atoms with Gasteiger partial charge < -0.3 is 0 Å². The van der Waals surface area contributed by atoms with Gasteiger partial charge in [-0.1, -0.05) is 0 Å². The molecule has 0 aliphatic carbocycles. The molecule has 1 fully saturated rings. The molecule has 0 aromatic rings. The van der Waals surface area contributed by atoms with Crippen LogP contribution in [0.5, 0.6) is 0 Å². The molecule has 6 heavy (non-hydrogen) atoms. The van der Waals surface area contributed by atoms with Gasteiger partial charge in [-0.25, -0.2) is 5.43 Å². The molecule has 0 amide bonds. The molecule has 1 aliphatic rings. The highest BCUT2D eigenvalue weighted by molar-refractivity contribution is 7.99. The second-order valence-corrected chi connectivity index (χ2v) is 2.81. The zero-order valence-electron chi connectivity index (χ0n) is 3.07. The maximum Gasteiger partial charge on any atom is 0.108 e. The first kappa shape index (κ1) is 4.71. The molecule has 1 rings (SSSR count). The Hall–Kier alpha value is 0.560. The van der Waals surface area contributed by atoms with Crippen molar-refractivity contribution in [2.24, 2.45) is 0 Å². The predicted molar refractivity (Wildman–Crippen MR) is 28.4 cm³/mol. The monoisotopic (exact) mass is 124 g/mol. The minimum absolute atomic E-state index is 0.213. The number of hydrazine groups is 1. The van der Waals surface area contributed by atoms with Crippen LogP contribution in [0.4, 0.5) is 0 Å². The average molecular weight is 125 g/mol. The van der Waals surface area contributed by atoms with E-state index in [0.717, 1.165) is 6.54 Å². The Morgan fingerprint density at radius 3 is 2.83 bits per heavy atom. The molecule has 1 unspecified atom stereocenters. The van der Waals surface area contributed by atoms with Crippen LogP contribution in [-0.2, 0) is 0 Å². The van der Waals surface area contributed by atoms with Gasteiger partial charge >= 0.3 is 0 Å². The summed E-state index contributed by atoms with van der Waals surface area (Å²) in [7, 11) is 0. The van der Waals surface area contributed by atoms with Crippen molar-refractivity contribution in [2.75, 3.05) is 6.54 Å². The van der Waals surface area contributed by atoms with Crippen molar-refractivity contribution in [3.05, 3.63) is 0 Å². The summed E-state index contributed by atoms with van der Waals surface area (Å²) in [5.41, 5.74) is 2.85. The van der Waals surface area contributed by atoms with Gasteiger partial charge in [-0.2, -0.15) is 4.83 Å². The molecule has 36 valence electrons. The van der Waals surface area contributed by atoms with Gasteiger partial charge in [0.05, 0.1) is 0 Å². The van der Waals surface area contributed by atoms with Gasteiger partial charge in [-0.15, -0.1) is 11.6 Å². The molecule has 0 bridgehead atoms. The Morgan fingerprint density at radius 2 is 2.67 bits per heavy atom. The van der Waals surface area contributed by atoms with Gasteiger partial charge in [0, 0.05) is 6.54 Å². The third-order valence-electron chi connectivity index (χ3n) is 0.522. The highest BCUT2D eigenvalue weighted by Gasteiger charge is 2.08. The molecular formula is C2H5ClN2S. The molecular weight excluding hydrogens is 120 g/mol. The van der Waals surface area contributed by atoms with Crippen molar-refractivity contribution in [3.63, 3.8) is 0 Å². The normalized spacial score (nSPS) is 34.5. The number of hydrogen-bond acceptors (Lipinski definition) is 3. The Labute approximate surface area is 45.7 Å². The van der Waals surface area contributed by atoms with E-state index in [-0.39, 0.29) is 4.71 Å². The van der Waals surface area contributed by atoms with E-state index in [0.29, 0.717) is 0 Å². The first-order valence-electron chi connectivity index (χ1n) is 1.67. The molecule has 1 saturated heterocycles. The van der Waals surface area contributed by atoms with E-state index < -0.39 is 0 Å². The summed E-state index contributed by atoms with van der Waals surface area (Å²) < 4.78 is 0.213. The van der Waals surface area contributed by atoms with Crippen LogP contribution < -0.4 is 10.3 Å². The van der Waals surface area contributed by atoms with Crippen LogP contribution in [0.3, 0.4) is 0 Å². The molecule has 0 aromatic heterocycles. The standard InChI is InChI=1S/C2H5ClN2S/c3-2-1-4-5-6-2/h2,4-5H,1H2. The number of rotatable bonds is 0. The van der Waals surface area contributed by atoms with Gasteiger partial charge in [0.2, 0.25) is 0 Å². The Balaban J connectivity index is 2.18. The molecule has 2 N–H and O–H groups in total. The van der Waals surface area contributed by atoms with Gasteiger partial charge in [0.1, 0.15) is 4.71 Å². The van der Waals surface area contributed by atoms with E-state index in [9.17, 15) is 0 Å². The summed E-state index contributed by atoms with van der Waals surface area (Å²) in [5, 5.41) is 0. The minimum Gasteiger partial charge on any atom is -0.246 e. The maximum atomic E-state index is 5.55. The van der Waals surface area contributed by atoms with Crippen LogP contribution in [0.1, 0.15) is 0 Å². The quantitative estimate of drug-likeness (QED) is 0.359. The topological polar surface area (TPSA) is 24.1 Å². The van der Waals surface area contributed by atoms with Crippen LogP contribution in [0.15, 0.2) is 0 Å². The van der Waals surface area contributed by atoms with Crippen LogP contribution in [0, 0.1) is 0 Å². The van der Waals surface area contributed by atoms with E-state index in [2.05, 4.69) is 10.3 Å². The van der Waals surface area contributed by atoms with Gasteiger partial charge in [-0.3, -0.25) is 0 Å². The summed E-state index contributed by atoms with van der Waals surface area (Å²) >= 11 is 7.05. The summed E-state index contributed by atoms with van der Waals surface area (Å²) in [5.74, 6) is 0. The van der Waals surface area contributed by atoms with Crippen molar-refractivity contribution in [3.8, 4) is 0 Å². The van der Waals surface area contributed by atoms with Crippen LogP contribution in [-0.4, -0.2) is 11.3 Å². The molecule has 4 heteroatoms. The van der Waals surface area contributed by atoms with E-state index in [1.165, 1.54) is 11.9 Å². The first-order valence-corrected chi connectivity index (χ1v) is 2.99. The van der Waals surface area contributed by atoms with Crippen molar-refractivity contribution >= 4 is 23.5 Å². The Kier molecular flexibility index (Phi) is 1.59. The highest BCUT2D eigenvalue weighted by Crippen LogP contribution is 2.12. The minimum atomic E-state index is 0.213. The third kappa shape index (κ3) is 1.01. The third-order valence-corrected chi connectivity index (χ3v) is 1.63. The number of halogens is 1. The fourth-order valence-electron chi connectivity index (χ4n) is 0.269. The molecule has 0 radical (unpaired) electrons. The average Bonchev–Trinajstić information content (AvgIpc) is 1.86. The number of alkyl halides is 1. The zero-order valence-corrected chi connectivity index (χ0v) is 4.64. The highest BCUT2D eigenvalue weighted by atomic mass is 35.5. The van der Waals surface area contributed by atoms with Crippen molar-refractivity contribution in [1.82, 2.24) is 10.3 Å². The van der Waals surface area contributed by atoms with Crippen LogP contribution >= 0.6 is 23.5 Å². The molecule has 0 saturated carbocycles. The van der Waals surface area contributed by atoms with Crippen LogP contribution in [0.25, 0.3) is 0 Å². The van der Waals surface area contributed by atoms with Crippen molar-refractivity contribution in [1.29, 1.82) is 0 Å². The van der Waals surface area contributed by atoms with E-state index in [4.69, 9.17) is 11.6 Å². The van der Waals surface area contributed by atoms with E-state index in [1.54, 1.807) is 0 Å². The molecule has 0 spiro atoms. The second-order valence-electron chi connectivity index (χ2n) is 1.01.